The molecule has 2 atom stereocenters. The van der Waals surface area contributed by atoms with E-state index in [1.54, 1.807) is 43.3 Å². The zero-order valence-electron chi connectivity index (χ0n) is 17.2. The van der Waals surface area contributed by atoms with Crippen molar-refractivity contribution in [3.8, 4) is 17.2 Å². The summed E-state index contributed by atoms with van der Waals surface area (Å²) in [4.78, 5) is 31.8. The van der Waals surface area contributed by atoms with Crippen LogP contribution in [0.3, 0.4) is 0 Å². The van der Waals surface area contributed by atoms with E-state index in [2.05, 4.69) is 15.3 Å². The monoisotopic (exact) mass is 451 g/mol. The molecule has 0 N–H and O–H groups in total. The molecular formula is C22H18ClN5O4. The maximum atomic E-state index is 13.2. The number of aryl methyl sites for hydroxylation is 1. The lowest BCUT2D eigenvalue weighted by Crippen LogP contribution is -2.39. The fourth-order valence-corrected chi connectivity index (χ4v) is 4.02. The van der Waals surface area contributed by atoms with Crippen LogP contribution in [0.1, 0.15) is 11.5 Å². The van der Waals surface area contributed by atoms with Crippen LogP contribution >= 0.6 is 11.6 Å². The molecule has 1 saturated heterocycles. The number of aromatic nitrogens is 1. The molecule has 2 unspecified atom stereocenters. The predicted molar refractivity (Wildman–Crippen MR) is 115 cm³/mol. The summed E-state index contributed by atoms with van der Waals surface area (Å²) in [5.41, 5.74) is 1.77. The van der Waals surface area contributed by atoms with Crippen LogP contribution in [0.25, 0.3) is 11.5 Å². The summed E-state index contributed by atoms with van der Waals surface area (Å²) in [5.74, 6) is 0.732. The summed E-state index contributed by atoms with van der Waals surface area (Å²) in [5, 5.41) is 10.2. The van der Waals surface area contributed by atoms with Crippen molar-refractivity contribution >= 4 is 29.1 Å². The van der Waals surface area contributed by atoms with Crippen molar-refractivity contribution in [1.82, 2.24) is 9.99 Å². The Morgan fingerprint density at radius 3 is 2.72 bits per heavy atom. The average molecular weight is 452 g/mol. The van der Waals surface area contributed by atoms with Crippen LogP contribution in [0, 0.1) is 6.92 Å². The van der Waals surface area contributed by atoms with Gasteiger partial charge in [-0.1, -0.05) is 29.0 Å². The number of nitrogens with zero attached hydrogens (tertiary/aromatic N) is 5. The highest BCUT2D eigenvalue weighted by atomic mass is 35.5. The number of oxazole rings is 1. The molecule has 3 aromatic rings. The average Bonchev–Trinajstić information content (AvgIpc) is 3.44. The number of benzene rings is 2. The number of carbonyl (C=O) groups is 2. The van der Waals surface area contributed by atoms with Crippen molar-refractivity contribution in [2.24, 2.45) is 10.3 Å². The highest BCUT2D eigenvalue weighted by molar-refractivity contribution is 6.30. The lowest BCUT2D eigenvalue weighted by Gasteiger charge is -2.20. The molecule has 32 heavy (non-hydrogen) atoms. The largest absolute Gasteiger partial charge is 0.497 e. The minimum Gasteiger partial charge on any atom is -0.497 e. The Balaban J connectivity index is 1.40. The summed E-state index contributed by atoms with van der Waals surface area (Å²) >= 11 is 6.07. The van der Waals surface area contributed by atoms with Gasteiger partial charge in [-0.25, -0.2) is 9.88 Å². The second kappa shape index (κ2) is 7.76. The van der Waals surface area contributed by atoms with Crippen molar-refractivity contribution in [1.29, 1.82) is 0 Å². The first-order chi connectivity index (χ1) is 15.5. The van der Waals surface area contributed by atoms with Crippen molar-refractivity contribution in [3.63, 3.8) is 0 Å². The van der Waals surface area contributed by atoms with Crippen molar-refractivity contribution in [3.05, 3.63) is 65.0 Å². The van der Waals surface area contributed by atoms with Gasteiger partial charge >= 0.3 is 0 Å². The zero-order chi connectivity index (χ0) is 22.4. The second-order valence-corrected chi connectivity index (χ2v) is 7.87. The molecule has 0 aliphatic carbocycles. The maximum absolute atomic E-state index is 13.2. The summed E-state index contributed by atoms with van der Waals surface area (Å²) in [6.07, 6.45) is 0. The number of halogens is 1. The fraction of sp³-hybridized carbons (Fsp3) is 0.227. The quantitative estimate of drug-likeness (QED) is 0.547. The molecular weight excluding hydrogens is 434 g/mol. The number of hydrogen-bond acceptors (Lipinski definition) is 8. The predicted octanol–water partition coefficient (Wildman–Crippen LogP) is 3.81. The summed E-state index contributed by atoms with van der Waals surface area (Å²) < 4.78 is 11.0. The minimum atomic E-state index is -0.895. The fourth-order valence-electron chi connectivity index (χ4n) is 3.83. The van der Waals surface area contributed by atoms with Gasteiger partial charge in [-0.05, 0) is 37.3 Å². The standard InChI is InChI=1S/C22H18ClN5O4/c1-12-17(24-20(32-12)13-5-3-6-14(23)9-13)11-27-19-18(25-26-27)21(29)28(22(19)30)15-7-4-8-16(10-15)31-2/h3-10,18-19H,11H2,1-2H3. The van der Waals surface area contributed by atoms with Gasteiger partial charge in [0.1, 0.15) is 17.2 Å². The molecule has 2 aliphatic rings. The van der Waals surface area contributed by atoms with Crippen molar-refractivity contribution < 1.29 is 18.7 Å². The van der Waals surface area contributed by atoms with Crippen LogP contribution in [0.4, 0.5) is 5.69 Å². The molecule has 0 spiro atoms. The van der Waals surface area contributed by atoms with Gasteiger partial charge in [-0.2, -0.15) is 5.11 Å². The van der Waals surface area contributed by atoms with Crippen LogP contribution < -0.4 is 9.64 Å². The highest BCUT2D eigenvalue weighted by Crippen LogP contribution is 2.34. The molecule has 2 aromatic carbocycles. The molecule has 0 saturated carbocycles. The zero-order valence-corrected chi connectivity index (χ0v) is 18.0. The SMILES string of the molecule is COc1cccc(N2C(=O)C3N=NN(Cc4nc(-c5cccc(Cl)c5)oc4C)C3C2=O)c1. The van der Waals surface area contributed by atoms with Crippen LogP contribution in [0.2, 0.25) is 5.02 Å². The Morgan fingerprint density at radius 2 is 1.94 bits per heavy atom. The topological polar surface area (TPSA) is 101 Å². The van der Waals surface area contributed by atoms with E-state index in [0.717, 1.165) is 10.5 Å². The summed E-state index contributed by atoms with van der Waals surface area (Å²) in [6.45, 7) is 1.96. The van der Waals surface area contributed by atoms with Crippen LogP contribution in [0.15, 0.2) is 63.3 Å². The van der Waals surface area contributed by atoms with Gasteiger partial charge in [0, 0.05) is 16.7 Å². The first kappa shape index (κ1) is 20.2. The molecule has 5 rings (SSSR count). The Labute approximate surface area is 188 Å². The van der Waals surface area contributed by atoms with Gasteiger partial charge in [0.15, 0.2) is 12.1 Å². The molecule has 0 radical (unpaired) electrons. The number of imide groups is 1. The van der Waals surface area contributed by atoms with Gasteiger partial charge < -0.3 is 9.15 Å². The first-order valence-electron chi connectivity index (χ1n) is 9.88. The van der Waals surface area contributed by atoms with Crippen LogP contribution in [-0.4, -0.2) is 41.0 Å². The van der Waals surface area contributed by atoms with E-state index in [4.69, 9.17) is 20.8 Å². The third-order valence-corrected chi connectivity index (χ3v) is 5.68. The van der Waals surface area contributed by atoms with Crippen LogP contribution in [-0.2, 0) is 16.1 Å². The highest BCUT2D eigenvalue weighted by Gasteiger charge is 2.55. The third-order valence-electron chi connectivity index (χ3n) is 5.45. The molecule has 3 heterocycles. The van der Waals surface area contributed by atoms with Crippen LogP contribution in [0.5, 0.6) is 5.75 Å². The number of ether oxygens (including phenoxy) is 1. The number of amides is 2. The van der Waals surface area contributed by atoms with Crippen molar-refractivity contribution in [2.75, 3.05) is 12.0 Å². The van der Waals surface area contributed by atoms with Gasteiger partial charge in [0.2, 0.25) is 5.89 Å². The van der Waals surface area contributed by atoms with E-state index in [-0.39, 0.29) is 6.54 Å². The molecule has 10 heteroatoms. The molecule has 162 valence electrons. The number of hydrogen-bond donors (Lipinski definition) is 0. The Bertz CT molecular complexity index is 1260. The number of carbonyl (C=O) groups excluding carboxylic acids is 2. The Morgan fingerprint density at radius 1 is 1.12 bits per heavy atom. The smallest absolute Gasteiger partial charge is 0.263 e. The molecule has 2 amide bonds. The number of fused-ring (bicyclic) bond motifs is 1. The molecule has 1 aromatic heterocycles. The second-order valence-electron chi connectivity index (χ2n) is 7.44. The third kappa shape index (κ3) is 3.31. The van der Waals surface area contributed by atoms with E-state index in [1.807, 2.05) is 12.1 Å². The van der Waals surface area contributed by atoms with E-state index in [1.165, 1.54) is 12.1 Å². The molecule has 2 aliphatic heterocycles. The molecule has 0 bridgehead atoms. The number of methoxy groups -OCH3 is 1. The van der Waals surface area contributed by atoms with E-state index in [0.29, 0.717) is 33.8 Å². The Hall–Kier alpha value is -3.72. The number of rotatable bonds is 5. The molecule has 1 fully saturated rings. The van der Waals surface area contributed by atoms with Gasteiger partial charge in [0.25, 0.3) is 11.8 Å². The minimum absolute atomic E-state index is 0.172. The van der Waals surface area contributed by atoms with E-state index in [9.17, 15) is 9.59 Å². The van der Waals surface area contributed by atoms with Gasteiger partial charge in [0.05, 0.1) is 19.3 Å². The van der Waals surface area contributed by atoms with Gasteiger partial charge in [-0.3, -0.25) is 14.6 Å². The summed E-state index contributed by atoms with van der Waals surface area (Å²) in [6, 6.07) is 12.2. The van der Waals surface area contributed by atoms with Crippen molar-refractivity contribution in [2.45, 2.75) is 25.6 Å². The lowest BCUT2D eigenvalue weighted by atomic mass is 10.1. The lowest BCUT2D eigenvalue weighted by molar-refractivity contribution is -0.123. The first-order valence-corrected chi connectivity index (χ1v) is 10.3. The number of anilines is 1. The summed E-state index contributed by atoms with van der Waals surface area (Å²) in [7, 11) is 1.52. The maximum Gasteiger partial charge on any atom is 0.263 e. The normalized spacial score (nSPS) is 19.7. The molecule has 9 nitrogen and oxygen atoms in total. The Kier molecular flexibility index (Phi) is 4.90. The van der Waals surface area contributed by atoms with Gasteiger partial charge in [-0.15, -0.1) is 0 Å². The van der Waals surface area contributed by atoms with E-state index < -0.39 is 23.9 Å². The van der Waals surface area contributed by atoms with E-state index >= 15 is 0 Å².